The van der Waals surface area contributed by atoms with Crippen molar-refractivity contribution in [1.29, 1.82) is 0 Å². The van der Waals surface area contributed by atoms with Crippen LogP contribution in [0.4, 0.5) is 17.8 Å². The highest BCUT2D eigenvalue weighted by molar-refractivity contribution is 5.43. The first-order valence-corrected chi connectivity index (χ1v) is 10.4. The number of aliphatic hydroxyl groups excluding tert-OH is 3. The molecule has 12 heteroatoms. The molecule has 0 aliphatic rings. The van der Waals surface area contributed by atoms with Gasteiger partial charge in [-0.05, 0) is 19.3 Å². The number of hydrogen-bond donors (Lipinski definition) is 3. The molecule has 0 saturated heterocycles. The van der Waals surface area contributed by atoms with Gasteiger partial charge in [-0.1, -0.05) is 45.3 Å². The smallest absolute Gasteiger partial charge is 0.284 e. The van der Waals surface area contributed by atoms with Crippen LogP contribution in [0.15, 0.2) is 0 Å². The van der Waals surface area contributed by atoms with Crippen molar-refractivity contribution in [1.82, 2.24) is 15.0 Å². The summed E-state index contributed by atoms with van der Waals surface area (Å²) in [7, 11) is 0. The molecule has 3 N–H and O–H groups in total. The lowest BCUT2D eigenvalue weighted by atomic mass is 10.4. The zero-order valence-electron chi connectivity index (χ0n) is 18.2. The highest BCUT2D eigenvalue weighted by atomic mass is 16.9. The molecule has 174 valence electrons. The molecule has 1 heterocycles. The molecule has 1 aromatic rings. The minimum absolute atomic E-state index is 0.00616. The standard InChI is InChI=1S/C18H36N6O6/c1-4-7-10-28-23(15-27)17-19-16(22(13-25)14-26)20-18(21-17)24(29-11-8-5-2)30-12-9-6-3/h25-27H,4-15H2,1-3H3. The van der Waals surface area contributed by atoms with Crippen LogP contribution in [0.3, 0.4) is 0 Å². The van der Waals surface area contributed by atoms with Gasteiger partial charge < -0.3 is 15.3 Å². The molecule has 0 saturated carbocycles. The molecule has 0 unspecified atom stereocenters. The molecule has 1 rings (SSSR count). The number of aliphatic hydroxyl groups is 3. The van der Waals surface area contributed by atoms with E-state index in [0.29, 0.717) is 19.8 Å². The summed E-state index contributed by atoms with van der Waals surface area (Å²) in [6.45, 7) is 5.68. The second kappa shape index (κ2) is 15.9. The van der Waals surface area contributed by atoms with Crippen molar-refractivity contribution in [2.45, 2.75) is 59.3 Å². The van der Waals surface area contributed by atoms with E-state index < -0.39 is 20.2 Å². The van der Waals surface area contributed by atoms with Crippen LogP contribution < -0.4 is 15.2 Å². The van der Waals surface area contributed by atoms with Gasteiger partial charge in [0.05, 0.1) is 19.8 Å². The summed E-state index contributed by atoms with van der Waals surface area (Å²) in [5.41, 5.74) is 0. The van der Waals surface area contributed by atoms with E-state index in [0.717, 1.165) is 53.7 Å². The van der Waals surface area contributed by atoms with E-state index in [2.05, 4.69) is 15.0 Å². The van der Waals surface area contributed by atoms with Gasteiger partial charge in [-0.2, -0.15) is 20.0 Å². The Hall–Kier alpha value is -1.83. The first kappa shape index (κ1) is 26.2. The Morgan fingerprint density at radius 1 is 0.633 bits per heavy atom. The van der Waals surface area contributed by atoms with E-state index in [9.17, 15) is 15.3 Å². The molecule has 0 fully saturated rings. The van der Waals surface area contributed by atoms with Gasteiger partial charge in [0.2, 0.25) is 5.95 Å². The molecule has 0 bridgehead atoms. The summed E-state index contributed by atoms with van der Waals surface area (Å²) >= 11 is 0. The SMILES string of the molecule is CCCCON(CO)c1nc(N(CO)CO)nc(N(OCCCC)OCCCC)n1. The minimum atomic E-state index is -0.525. The van der Waals surface area contributed by atoms with Crippen LogP contribution in [0.1, 0.15) is 59.3 Å². The van der Waals surface area contributed by atoms with E-state index in [1.165, 1.54) is 0 Å². The molecule has 30 heavy (non-hydrogen) atoms. The topological polar surface area (TPSA) is 137 Å². The Balaban J connectivity index is 3.23. The number of hydroxylamine groups is 1. The van der Waals surface area contributed by atoms with Crippen molar-refractivity contribution in [2.24, 2.45) is 0 Å². The number of rotatable bonds is 18. The van der Waals surface area contributed by atoms with Gasteiger partial charge >= 0.3 is 0 Å². The number of unbranched alkanes of at least 4 members (excludes halogenated alkanes) is 3. The lowest BCUT2D eigenvalue weighted by molar-refractivity contribution is -0.0943. The maximum atomic E-state index is 9.71. The van der Waals surface area contributed by atoms with Gasteiger partial charge in [0, 0.05) is 0 Å². The van der Waals surface area contributed by atoms with E-state index >= 15 is 0 Å². The van der Waals surface area contributed by atoms with Crippen LogP contribution in [0.2, 0.25) is 0 Å². The molecule has 0 atom stereocenters. The largest absolute Gasteiger partial charge is 0.376 e. The third-order valence-electron chi connectivity index (χ3n) is 3.90. The molecule has 1 aromatic heterocycles. The first-order valence-electron chi connectivity index (χ1n) is 10.4. The minimum Gasteiger partial charge on any atom is -0.376 e. The third kappa shape index (κ3) is 8.90. The van der Waals surface area contributed by atoms with Gasteiger partial charge in [-0.25, -0.2) is 9.68 Å². The summed E-state index contributed by atoms with van der Waals surface area (Å²) in [6, 6.07) is 0. The maximum Gasteiger partial charge on any atom is 0.284 e. The van der Waals surface area contributed by atoms with Crippen molar-refractivity contribution >= 4 is 17.8 Å². The van der Waals surface area contributed by atoms with Gasteiger partial charge in [0.15, 0.2) is 0 Å². The van der Waals surface area contributed by atoms with Gasteiger partial charge in [-0.3, -0.25) is 9.74 Å². The number of anilines is 3. The Labute approximate surface area is 177 Å². The van der Waals surface area contributed by atoms with Crippen LogP contribution in [0.25, 0.3) is 0 Å². The Morgan fingerprint density at radius 3 is 1.57 bits per heavy atom. The van der Waals surface area contributed by atoms with E-state index in [-0.39, 0.29) is 17.8 Å². The second-order valence-electron chi connectivity index (χ2n) is 6.40. The van der Waals surface area contributed by atoms with E-state index in [1.807, 2.05) is 20.8 Å². The van der Waals surface area contributed by atoms with Crippen molar-refractivity contribution in [3.05, 3.63) is 0 Å². The summed E-state index contributed by atoms with van der Waals surface area (Å²) < 4.78 is 0. The van der Waals surface area contributed by atoms with Crippen LogP contribution in [0.5, 0.6) is 0 Å². The van der Waals surface area contributed by atoms with Crippen LogP contribution >= 0.6 is 0 Å². The normalized spacial score (nSPS) is 11.0. The fourth-order valence-electron chi connectivity index (χ4n) is 2.07. The molecule has 12 nitrogen and oxygen atoms in total. The zero-order valence-corrected chi connectivity index (χ0v) is 18.2. The van der Waals surface area contributed by atoms with Gasteiger partial charge in [0.25, 0.3) is 11.9 Å². The Bertz CT molecular complexity index is 556. The van der Waals surface area contributed by atoms with Crippen LogP contribution in [0, 0.1) is 0 Å². The molecular formula is C18H36N6O6. The Kier molecular flexibility index (Phi) is 13.9. The average Bonchev–Trinajstić information content (AvgIpc) is 2.76. The fourth-order valence-corrected chi connectivity index (χ4v) is 2.07. The molecular weight excluding hydrogens is 396 g/mol. The summed E-state index contributed by atoms with van der Waals surface area (Å²) in [5, 5.41) is 30.9. The van der Waals surface area contributed by atoms with Crippen LogP contribution in [-0.2, 0) is 14.5 Å². The first-order chi connectivity index (χ1) is 14.6. The molecule has 0 aromatic carbocycles. The number of hydrogen-bond acceptors (Lipinski definition) is 12. The molecule has 0 radical (unpaired) electrons. The quantitative estimate of drug-likeness (QED) is 0.175. The van der Waals surface area contributed by atoms with Crippen LogP contribution in [-0.4, -0.2) is 70.3 Å². The summed E-state index contributed by atoms with van der Waals surface area (Å²) in [6.07, 6.45) is 5.18. The highest BCUT2D eigenvalue weighted by Crippen LogP contribution is 2.20. The van der Waals surface area contributed by atoms with Crippen molar-refractivity contribution in [3.8, 4) is 0 Å². The van der Waals surface area contributed by atoms with Crippen molar-refractivity contribution in [3.63, 3.8) is 0 Å². The predicted octanol–water partition coefficient (Wildman–Crippen LogP) is 1.34. The molecule has 0 amide bonds. The summed E-state index contributed by atoms with van der Waals surface area (Å²) in [5.74, 6) is -0.0314. The molecule has 0 spiro atoms. The monoisotopic (exact) mass is 432 g/mol. The molecule has 0 aliphatic heterocycles. The van der Waals surface area contributed by atoms with Gasteiger partial charge in [0.1, 0.15) is 20.2 Å². The molecule has 0 aliphatic carbocycles. The fraction of sp³-hybridized carbons (Fsp3) is 0.833. The number of aromatic nitrogens is 3. The third-order valence-corrected chi connectivity index (χ3v) is 3.90. The maximum absolute atomic E-state index is 9.71. The number of nitrogens with zero attached hydrogens (tertiary/aromatic N) is 6. The predicted molar refractivity (Wildman–Crippen MR) is 111 cm³/mol. The zero-order chi connectivity index (χ0) is 22.2. The summed E-state index contributed by atoms with van der Waals surface area (Å²) in [4.78, 5) is 30.7. The average molecular weight is 433 g/mol. The highest BCUT2D eigenvalue weighted by Gasteiger charge is 2.21. The van der Waals surface area contributed by atoms with E-state index in [4.69, 9.17) is 14.5 Å². The van der Waals surface area contributed by atoms with Gasteiger partial charge in [-0.15, -0.1) is 0 Å². The second-order valence-corrected chi connectivity index (χ2v) is 6.40. The Morgan fingerprint density at radius 2 is 1.10 bits per heavy atom. The lowest BCUT2D eigenvalue weighted by Gasteiger charge is -2.25. The lowest BCUT2D eigenvalue weighted by Crippen LogP contribution is -2.34. The van der Waals surface area contributed by atoms with E-state index in [1.54, 1.807) is 0 Å². The van der Waals surface area contributed by atoms with Crippen molar-refractivity contribution < 1.29 is 29.8 Å². The van der Waals surface area contributed by atoms with Crippen molar-refractivity contribution in [2.75, 3.05) is 55.2 Å².